The van der Waals surface area contributed by atoms with E-state index in [1.165, 1.54) is 0 Å². The van der Waals surface area contributed by atoms with Crippen LogP contribution < -0.4 is 14.8 Å². The third-order valence-corrected chi connectivity index (χ3v) is 3.31. The minimum atomic E-state index is -3.86. The Labute approximate surface area is 113 Å². The number of methoxy groups -OCH3 is 2. The fourth-order valence-electron chi connectivity index (χ4n) is 1.55. The van der Waals surface area contributed by atoms with Gasteiger partial charge in [-0.3, -0.25) is 4.55 Å². The Balaban J connectivity index is 2.44. The molecule has 6 nitrogen and oxygen atoms in total. The highest BCUT2D eigenvalue weighted by Crippen LogP contribution is 2.25. The number of hydrogen-bond acceptors (Lipinski definition) is 5. The van der Waals surface area contributed by atoms with E-state index in [4.69, 9.17) is 14.0 Å². The lowest BCUT2D eigenvalue weighted by atomic mass is 10.2. The van der Waals surface area contributed by atoms with Crippen molar-refractivity contribution in [2.24, 2.45) is 0 Å². The number of anilines is 1. The van der Waals surface area contributed by atoms with Crippen LogP contribution in [0.5, 0.6) is 11.5 Å². The first-order valence-electron chi connectivity index (χ1n) is 5.86. The van der Waals surface area contributed by atoms with Crippen molar-refractivity contribution in [3.8, 4) is 11.5 Å². The summed E-state index contributed by atoms with van der Waals surface area (Å²) in [6.45, 7) is 0.603. The summed E-state index contributed by atoms with van der Waals surface area (Å²) < 4.78 is 39.9. The summed E-state index contributed by atoms with van der Waals surface area (Å²) >= 11 is 0. The summed E-state index contributed by atoms with van der Waals surface area (Å²) in [6, 6.07) is 5.42. The quantitative estimate of drug-likeness (QED) is 0.560. The Morgan fingerprint density at radius 3 is 2.16 bits per heavy atom. The zero-order chi connectivity index (χ0) is 14.3. The van der Waals surface area contributed by atoms with Crippen LogP contribution in [0, 0.1) is 0 Å². The molecule has 0 aliphatic rings. The fraction of sp³-hybridized carbons (Fsp3) is 0.500. The first-order chi connectivity index (χ1) is 8.94. The molecule has 0 unspecified atom stereocenters. The van der Waals surface area contributed by atoms with Crippen LogP contribution in [-0.4, -0.2) is 39.5 Å². The average Bonchev–Trinajstić information content (AvgIpc) is 2.36. The molecule has 108 valence electrons. The predicted octanol–water partition coefficient (Wildman–Crippen LogP) is 1.78. The van der Waals surface area contributed by atoms with E-state index in [9.17, 15) is 8.42 Å². The third-order valence-electron chi connectivity index (χ3n) is 2.51. The van der Waals surface area contributed by atoms with E-state index in [2.05, 4.69) is 5.32 Å². The van der Waals surface area contributed by atoms with Gasteiger partial charge >= 0.3 is 0 Å². The van der Waals surface area contributed by atoms with Crippen molar-refractivity contribution in [3.63, 3.8) is 0 Å². The normalized spacial score (nSPS) is 11.1. The Hall–Kier alpha value is -1.47. The Morgan fingerprint density at radius 2 is 1.68 bits per heavy atom. The Kier molecular flexibility index (Phi) is 5.91. The molecule has 0 bridgehead atoms. The highest BCUT2D eigenvalue weighted by Gasteiger charge is 2.04. The minimum Gasteiger partial charge on any atom is -0.497 e. The van der Waals surface area contributed by atoms with Gasteiger partial charge in [-0.1, -0.05) is 0 Å². The van der Waals surface area contributed by atoms with Crippen LogP contribution in [0.4, 0.5) is 5.69 Å². The van der Waals surface area contributed by atoms with Gasteiger partial charge in [-0.05, 0) is 12.8 Å². The molecule has 0 saturated heterocycles. The lowest BCUT2D eigenvalue weighted by Gasteiger charge is -2.10. The van der Waals surface area contributed by atoms with Crippen molar-refractivity contribution in [1.29, 1.82) is 0 Å². The van der Waals surface area contributed by atoms with Crippen LogP contribution >= 0.6 is 0 Å². The SMILES string of the molecule is COc1cc(NCCCCS(=O)(=O)O)cc(OC)c1. The van der Waals surface area contributed by atoms with E-state index >= 15 is 0 Å². The number of hydrogen-bond donors (Lipinski definition) is 2. The minimum absolute atomic E-state index is 0.212. The molecule has 0 amide bonds. The molecule has 19 heavy (non-hydrogen) atoms. The van der Waals surface area contributed by atoms with Crippen molar-refractivity contribution in [2.75, 3.05) is 31.8 Å². The van der Waals surface area contributed by atoms with Crippen molar-refractivity contribution < 1.29 is 22.4 Å². The highest BCUT2D eigenvalue weighted by molar-refractivity contribution is 7.85. The van der Waals surface area contributed by atoms with Crippen molar-refractivity contribution in [1.82, 2.24) is 0 Å². The molecule has 0 spiro atoms. The Bertz CT molecular complexity index is 479. The largest absolute Gasteiger partial charge is 0.497 e. The van der Waals surface area contributed by atoms with E-state index in [0.717, 1.165) is 5.69 Å². The summed E-state index contributed by atoms with van der Waals surface area (Å²) in [5.74, 6) is 1.15. The maximum atomic E-state index is 10.5. The molecular formula is C12H19NO5S. The monoisotopic (exact) mass is 289 g/mol. The van der Waals surface area contributed by atoms with Gasteiger partial charge in [0.1, 0.15) is 11.5 Å². The molecule has 0 heterocycles. The summed E-state index contributed by atoms with van der Waals surface area (Å²) in [5.41, 5.74) is 0.836. The van der Waals surface area contributed by atoms with E-state index in [-0.39, 0.29) is 5.75 Å². The van der Waals surface area contributed by atoms with Crippen LogP contribution in [0.1, 0.15) is 12.8 Å². The highest BCUT2D eigenvalue weighted by atomic mass is 32.2. The lowest BCUT2D eigenvalue weighted by molar-refractivity contribution is 0.394. The molecule has 1 aromatic carbocycles. The molecule has 0 aliphatic carbocycles. The van der Waals surface area contributed by atoms with Gasteiger partial charge in [0.25, 0.3) is 10.1 Å². The topological polar surface area (TPSA) is 84.9 Å². The van der Waals surface area contributed by atoms with Crippen molar-refractivity contribution >= 4 is 15.8 Å². The molecule has 0 saturated carbocycles. The Morgan fingerprint density at radius 1 is 1.11 bits per heavy atom. The maximum absolute atomic E-state index is 10.5. The lowest BCUT2D eigenvalue weighted by Crippen LogP contribution is -2.07. The molecule has 1 rings (SSSR count). The van der Waals surface area contributed by atoms with Gasteiger partial charge in [-0.15, -0.1) is 0 Å². The zero-order valence-electron chi connectivity index (χ0n) is 11.0. The maximum Gasteiger partial charge on any atom is 0.264 e. The molecule has 1 aromatic rings. The van der Waals surface area contributed by atoms with Gasteiger partial charge in [0.05, 0.1) is 20.0 Å². The first-order valence-corrected chi connectivity index (χ1v) is 7.47. The molecular weight excluding hydrogens is 270 g/mol. The third kappa shape index (κ3) is 6.30. The molecule has 0 atom stereocenters. The van der Waals surface area contributed by atoms with E-state index < -0.39 is 10.1 Å². The summed E-state index contributed by atoms with van der Waals surface area (Å²) in [4.78, 5) is 0. The van der Waals surface area contributed by atoms with Crippen molar-refractivity contribution in [3.05, 3.63) is 18.2 Å². The van der Waals surface area contributed by atoms with Crippen LogP contribution in [0.3, 0.4) is 0 Å². The number of unbranched alkanes of at least 4 members (excludes halogenated alkanes) is 1. The van der Waals surface area contributed by atoms with Gasteiger partial charge in [0, 0.05) is 30.4 Å². The van der Waals surface area contributed by atoms with E-state index in [0.29, 0.717) is 30.9 Å². The van der Waals surface area contributed by atoms with Crippen LogP contribution in [0.2, 0.25) is 0 Å². The van der Waals surface area contributed by atoms with Crippen LogP contribution in [0.25, 0.3) is 0 Å². The second-order valence-corrected chi connectivity index (χ2v) is 5.59. The van der Waals surface area contributed by atoms with Gasteiger partial charge in [0.15, 0.2) is 0 Å². The van der Waals surface area contributed by atoms with E-state index in [1.807, 2.05) is 12.1 Å². The van der Waals surface area contributed by atoms with Gasteiger partial charge < -0.3 is 14.8 Å². The number of benzene rings is 1. The summed E-state index contributed by atoms with van der Waals surface area (Å²) in [7, 11) is -0.710. The molecule has 0 fully saturated rings. The fourth-order valence-corrected chi connectivity index (χ4v) is 2.12. The first kappa shape index (κ1) is 15.6. The predicted molar refractivity (Wildman–Crippen MR) is 73.7 cm³/mol. The molecule has 0 radical (unpaired) electrons. The van der Waals surface area contributed by atoms with Gasteiger partial charge in [-0.2, -0.15) is 8.42 Å². The van der Waals surface area contributed by atoms with Crippen molar-refractivity contribution in [2.45, 2.75) is 12.8 Å². The van der Waals surface area contributed by atoms with Crippen LogP contribution in [-0.2, 0) is 10.1 Å². The molecule has 2 N–H and O–H groups in total. The van der Waals surface area contributed by atoms with Gasteiger partial charge in [-0.25, -0.2) is 0 Å². The van der Waals surface area contributed by atoms with Crippen LogP contribution in [0.15, 0.2) is 18.2 Å². The zero-order valence-corrected chi connectivity index (χ0v) is 11.9. The molecule has 0 aliphatic heterocycles. The smallest absolute Gasteiger partial charge is 0.264 e. The standard InChI is InChI=1S/C12H19NO5S/c1-17-11-7-10(8-12(9-11)18-2)13-5-3-4-6-19(14,15)16/h7-9,13H,3-6H2,1-2H3,(H,14,15,16). The second-order valence-electron chi connectivity index (χ2n) is 4.02. The summed E-state index contributed by atoms with van der Waals surface area (Å²) in [6.07, 6.45) is 1.05. The average molecular weight is 289 g/mol. The number of ether oxygens (including phenoxy) is 2. The number of nitrogens with one attached hydrogen (secondary N) is 1. The van der Waals surface area contributed by atoms with Gasteiger partial charge in [0.2, 0.25) is 0 Å². The summed E-state index contributed by atoms with van der Waals surface area (Å²) in [5, 5.41) is 3.14. The molecule has 7 heteroatoms. The number of rotatable bonds is 8. The second kappa shape index (κ2) is 7.20. The van der Waals surface area contributed by atoms with E-state index in [1.54, 1.807) is 20.3 Å². The molecule has 0 aromatic heterocycles.